The Kier molecular flexibility index (Phi) is 5.42. The van der Waals surface area contributed by atoms with Crippen LogP contribution in [0.1, 0.15) is 55.2 Å². The second-order valence-electron chi connectivity index (χ2n) is 4.82. The predicted octanol–water partition coefficient (Wildman–Crippen LogP) is 3.85. The van der Waals surface area contributed by atoms with Crippen LogP contribution < -0.4 is 5.32 Å². The molecule has 0 aliphatic carbocycles. The third-order valence-electron chi connectivity index (χ3n) is 2.60. The summed E-state index contributed by atoms with van der Waals surface area (Å²) in [6, 6.07) is 0.492. The Balaban J connectivity index is 2.78. The van der Waals surface area contributed by atoms with Gasteiger partial charge in [-0.2, -0.15) is 0 Å². The van der Waals surface area contributed by atoms with E-state index in [1.807, 2.05) is 11.3 Å². The van der Waals surface area contributed by atoms with Gasteiger partial charge >= 0.3 is 0 Å². The number of hydrogen-bond donors (Lipinski definition) is 1. The van der Waals surface area contributed by atoms with Gasteiger partial charge in [0.1, 0.15) is 0 Å². The Labute approximate surface area is 103 Å². The molecule has 2 nitrogen and oxygen atoms in total. The van der Waals surface area contributed by atoms with Gasteiger partial charge in [0.05, 0.1) is 10.7 Å². The fourth-order valence-corrected chi connectivity index (χ4v) is 2.96. The van der Waals surface area contributed by atoms with Crippen molar-refractivity contribution in [2.24, 2.45) is 5.92 Å². The number of hydrogen-bond acceptors (Lipinski definition) is 3. The Hall–Kier alpha value is -0.410. The van der Waals surface area contributed by atoms with Crippen molar-refractivity contribution in [1.82, 2.24) is 10.3 Å². The maximum absolute atomic E-state index is 4.53. The smallest absolute Gasteiger partial charge is 0.0900 e. The molecule has 0 bridgehead atoms. The highest BCUT2D eigenvalue weighted by Crippen LogP contribution is 2.29. The largest absolute Gasteiger partial charge is 0.309 e. The van der Waals surface area contributed by atoms with Crippen LogP contribution >= 0.6 is 11.3 Å². The zero-order chi connectivity index (χ0) is 12.1. The van der Waals surface area contributed by atoms with Gasteiger partial charge in [0.15, 0.2) is 0 Å². The molecule has 0 aliphatic rings. The van der Waals surface area contributed by atoms with Gasteiger partial charge in [0.2, 0.25) is 0 Å². The summed E-state index contributed by atoms with van der Waals surface area (Å²) in [4.78, 5) is 5.96. The molecular formula is C13H24N2S. The van der Waals surface area contributed by atoms with Gasteiger partial charge in [0.25, 0.3) is 0 Å². The maximum Gasteiger partial charge on any atom is 0.0900 e. The van der Waals surface area contributed by atoms with Gasteiger partial charge in [0, 0.05) is 10.9 Å². The number of thiazole rings is 1. The topological polar surface area (TPSA) is 24.9 Å². The number of nitrogens with one attached hydrogen (secondary N) is 1. The molecule has 0 fully saturated rings. The van der Waals surface area contributed by atoms with Crippen LogP contribution in [0.25, 0.3) is 0 Å². The summed E-state index contributed by atoms with van der Waals surface area (Å²) < 4.78 is 0. The van der Waals surface area contributed by atoms with E-state index in [1.165, 1.54) is 28.4 Å². The molecule has 0 saturated heterocycles. The first-order chi connectivity index (χ1) is 7.54. The van der Waals surface area contributed by atoms with E-state index < -0.39 is 0 Å². The lowest BCUT2D eigenvalue weighted by atomic mass is 10.0. The molecule has 0 amide bonds. The average Bonchev–Trinajstić information content (AvgIpc) is 2.52. The van der Waals surface area contributed by atoms with Gasteiger partial charge in [-0.05, 0) is 39.2 Å². The van der Waals surface area contributed by atoms with Crippen LogP contribution in [0.4, 0.5) is 0 Å². The van der Waals surface area contributed by atoms with Crippen molar-refractivity contribution in [3.05, 3.63) is 15.6 Å². The number of nitrogens with zero attached hydrogens (tertiary/aromatic N) is 1. The normalized spacial score (nSPS) is 13.4. The van der Waals surface area contributed by atoms with E-state index in [4.69, 9.17) is 0 Å². The van der Waals surface area contributed by atoms with Crippen molar-refractivity contribution in [2.75, 3.05) is 6.54 Å². The fraction of sp³-hybridized carbons (Fsp3) is 0.769. The molecule has 1 heterocycles. The molecule has 0 aliphatic heterocycles. The van der Waals surface area contributed by atoms with Gasteiger partial charge in [-0.25, -0.2) is 4.98 Å². The molecule has 92 valence electrons. The van der Waals surface area contributed by atoms with Crippen molar-refractivity contribution < 1.29 is 0 Å². The van der Waals surface area contributed by atoms with E-state index in [0.29, 0.717) is 6.04 Å². The standard InChI is InChI=1S/C13H24N2S/c1-6-7-14-12(8-9(2)3)13-10(4)15-11(5)16-13/h9,12,14H,6-8H2,1-5H3. The van der Waals surface area contributed by atoms with Crippen molar-refractivity contribution in [3.63, 3.8) is 0 Å². The minimum atomic E-state index is 0.492. The highest BCUT2D eigenvalue weighted by atomic mass is 32.1. The maximum atomic E-state index is 4.53. The quantitative estimate of drug-likeness (QED) is 0.817. The zero-order valence-corrected chi connectivity index (χ0v) is 11.9. The monoisotopic (exact) mass is 240 g/mol. The molecule has 1 atom stereocenters. The molecule has 16 heavy (non-hydrogen) atoms. The second kappa shape index (κ2) is 6.36. The predicted molar refractivity (Wildman–Crippen MR) is 72.1 cm³/mol. The van der Waals surface area contributed by atoms with Crippen molar-refractivity contribution in [2.45, 2.75) is 53.5 Å². The Bertz CT molecular complexity index is 318. The summed E-state index contributed by atoms with van der Waals surface area (Å²) >= 11 is 1.84. The van der Waals surface area contributed by atoms with Gasteiger partial charge in [-0.1, -0.05) is 20.8 Å². The summed E-state index contributed by atoms with van der Waals surface area (Å²) in [5.41, 5.74) is 1.21. The fourth-order valence-electron chi connectivity index (χ4n) is 1.94. The van der Waals surface area contributed by atoms with E-state index in [2.05, 4.69) is 44.9 Å². The molecule has 1 unspecified atom stereocenters. The van der Waals surface area contributed by atoms with E-state index in [0.717, 1.165) is 12.5 Å². The van der Waals surface area contributed by atoms with E-state index in [9.17, 15) is 0 Å². The molecule has 1 aromatic heterocycles. The molecule has 0 aromatic carbocycles. The summed E-state index contributed by atoms with van der Waals surface area (Å²) in [7, 11) is 0. The number of aryl methyl sites for hydroxylation is 2. The highest BCUT2D eigenvalue weighted by Gasteiger charge is 2.17. The molecule has 0 spiro atoms. The number of rotatable bonds is 6. The van der Waals surface area contributed by atoms with Gasteiger partial charge < -0.3 is 5.32 Å². The van der Waals surface area contributed by atoms with Gasteiger partial charge in [-0.15, -0.1) is 11.3 Å². The minimum absolute atomic E-state index is 0.492. The Morgan fingerprint density at radius 2 is 2.00 bits per heavy atom. The SMILES string of the molecule is CCCNC(CC(C)C)c1sc(C)nc1C. The average molecular weight is 240 g/mol. The van der Waals surface area contributed by atoms with Crippen LogP contribution in [0, 0.1) is 19.8 Å². The van der Waals surface area contributed by atoms with Gasteiger partial charge in [-0.3, -0.25) is 0 Å². The van der Waals surface area contributed by atoms with Crippen LogP contribution in [-0.2, 0) is 0 Å². The lowest BCUT2D eigenvalue weighted by molar-refractivity contribution is 0.433. The van der Waals surface area contributed by atoms with Crippen molar-refractivity contribution in [1.29, 1.82) is 0 Å². The van der Waals surface area contributed by atoms with Crippen LogP contribution in [-0.4, -0.2) is 11.5 Å². The highest BCUT2D eigenvalue weighted by molar-refractivity contribution is 7.11. The van der Waals surface area contributed by atoms with Crippen molar-refractivity contribution in [3.8, 4) is 0 Å². The lowest BCUT2D eigenvalue weighted by Crippen LogP contribution is -2.23. The van der Waals surface area contributed by atoms with Crippen LogP contribution in [0.3, 0.4) is 0 Å². The number of aromatic nitrogens is 1. The molecule has 1 N–H and O–H groups in total. The summed E-state index contributed by atoms with van der Waals surface area (Å²) in [5.74, 6) is 0.719. The lowest BCUT2D eigenvalue weighted by Gasteiger charge is -2.19. The van der Waals surface area contributed by atoms with E-state index >= 15 is 0 Å². The minimum Gasteiger partial charge on any atom is -0.309 e. The van der Waals surface area contributed by atoms with E-state index in [1.54, 1.807) is 0 Å². The third kappa shape index (κ3) is 3.87. The first-order valence-electron chi connectivity index (χ1n) is 6.21. The van der Waals surface area contributed by atoms with Crippen LogP contribution in [0.15, 0.2) is 0 Å². The summed E-state index contributed by atoms with van der Waals surface area (Å²) in [5, 5.41) is 4.82. The molecule has 0 radical (unpaired) electrons. The summed E-state index contributed by atoms with van der Waals surface area (Å²) in [6.45, 7) is 12.1. The molecule has 1 rings (SSSR count). The van der Waals surface area contributed by atoms with Crippen LogP contribution in [0.2, 0.25) is 0 Å². The third-order valence-corrected chi connectivity index (χ3v) is 3.79. The molecule has 0 saturated carbocycles. The molecule has 1 aromatic rings. The zero-order valence-electron chi connectivity index (χ0n) is 11.1. The Morgan fingerprint density at radius 1 is 1.31 bits per heavy atom. The first kappa shape index (κ1) is 13.7. The Morgan fingerprint density at radius 3 is 2.44 bits per heavy atom. The molecule has 3 heteroatoms. The first-order valence-corrected chi connectivity index (χ1v) is 7.03. The van der Waals surface area contributed by atoms with Crippen LogP contribution in [0.5, 0.6) is 0 Å². The van der Waals surface area contributed by atoms with Crippen molar-refractivity contribution >= 4 is 11.3 Å². The summed E-state index contributed by atoms with van der Waals surface area (Å²) in [6.07, 6.45) is 2.38. The van der Waals surface area contributed by atoms with E-state index in [-0.39, 0.29) is 0 Å². The molecular weight excluding hydrogens is 216 g/mol. The second-order valence-corrected chi connectivity index (χ2v) is 6.05.